The Morgan fingerprint density at radius 3 is 2.43 bits per heavy atom. The molecule has 0 N–H and O–H groups in total. The van der Waals surface area contributed by atoms with Gasteiger partial charge in [0.15, 0.2) is 0 Å². The lowest BCUT2D eigenvalue weighted by atomic mass is 9.99. The van der Waals surface area contributed by atoms with E-state index >= 15 is 0 Å². The van der Waals surface area contributed by atoms with E-state index in [-0.39, 0.29) is 0 Å². The van der Waals surface area contributed by atoms with Gasteiger partial charge in [0, 0.05) is 5.75 Å². The van der Waals surface area contributed by atoms with Crippen molar-refractivity contribution in [3.63, 3.8) is 0 Å². The minimum absolute atomic E-state index is 0.896. The Balaban J connectivity index is 0.000000486. The van der Waals surface area contributed by atoms with Crippen LogP contribution in [0.25, 0.3) is 0 Å². The summed E-state index contributed by atoms with van der Waals surface area (Å²) in [6.07, 6.45) is 16.2. The van der Waals surface area contributed by atoms with Gasteiger partial charge in [0.05, 0.1) is 0 Å². The topological polar surface area (TPSA) is 0 Å². The molecule has 0 heterocycles. The van der Waals surface area contributed by atoms with Gasteiger partial charge in [-0.25, -0.2) is 0 Å². The molecule has 21 heavy (non-hydrogen) atoms. The highest BCUT2D eigenvalue weighted by Gasteiger charge is 2.10. The van der Waals surface area contributed by atoms with Crippen LogP contribution in [0.15, 0.2) is 24.3 Å². The maximum atomic E-state index is 3.77. The lowest BCUT2D eigenvalue weighted by Gasteiger charge is -2.07. The number of allylic oxidation sites excluding steroid dienone is 2. The van der Waals surface area contributed by atoms with Gasteiger partial charge in [0.25, 0.3) is 0 Å². The summed E-state index contributed by atoms with van der Waals surface area (Å²) in [5.41, 5.74) is 1.27. The second-order valence-corrected chi connectivity index (χ2v) is 7.82. The molecule has 1 unspecified atom stereocenters. The van der Waals surface area contributed by atoms with Crippen molar-refractivity contribution < 1.29 is 0 Å². The normalized spacial score (nSPS) is 16.8. The Morgan fingerprint density at radius 1 is 1.29 bits per heavy atom. The average molecular weight is 311 g/mol. The van der Waals surface area contributed by atoms with Crippen LogP contribution in [0.3, 0.4) is 0 Å². The van der Waals surface area contributed by atoms with Crippen molar-refractivity contribution >= 4 is 11.8 Å². The number of thioether (sulfide) groups is 1. The summed E-state index contributed by atoms with van der Waals surface area (Å²) in [5, 5.41) is 0. The molecule has 0 aromatic heterocycles. The van der Waals surface area contributed by atoms with Gasteiger partial charge in [0.1, 0.15) is 0 Å². The largest absolute Gasteiger partial charge is 0.158 e. The van der Waals surface area contributed by atoms with Crippen LogP contribution in [0.2, 0.25) is 0 Å². The summed E-state index contributed by atoms with van der Waals surface area (Å²) in [5.74, 6) is 4.14. The lowest BCUT2D eigenvalue weighted by molar-refractivity contribution is 0.510. The molecule has 0 bridgehead atoms. The molecule has 0 aliphatic heterocycles. The van der Waals surface area contributed by atoms with Crippen LogP contribution in [0, 0.1) is 11.8 Å². The Bertz CT molecular complexity index is 261. The average Bonchev–Trinajstić information content (AvgIpc) is 2.97. The van der Waals surface area contributed by atoms with Gasteiger partial charge in [-0.3, -0.25) is 0 Å². The first-order chi connectivity index (χ1) is 10.1. The molecular formula is C20H38S. The minimum atomic E-state index is 0.896. The Hall–Kier alpha value is -0.170. The molecule has 0 radical (unpaired) electrons. The van der Waals surface area contributed by atoms with Crippen molar-refractivity contribution in [1.29, 1.82) is 0 Å². The number of unbranched alkanes of at least 4 members (excludes halogenated alkanes) is 1. The zero-order valence-corrected chi connectivity index (χ0v) is 15.8. The Labute approximate surface area is 138 Å². The monoisotopic (exact) mass is 310 g/mol. The zero-order valence-electron chi connectivity index (χ0n) is 15.0. The van der Waals surface area contributed by atoms with Gasteiger partial charge < -0.3 is 0 Å². The summed E-state index contributed by atoms with van der Waals surface area (Å²) in [4.78, 5) is 0. The van der Waals surface area contributed by atoms with Crippen LogP contribution in [-0.2, 0) is 0 Å². The zero-order chi connectivity index (χ0) is 15.9. The first-order valence-corrected chi connectivity index (χ1v) is 10.1. The number of hydrogen-bond acceptors (Lipinski definition) is 1. The molecular weight excluding hydrogens is 272 g/mol. The summed E-state index contributed by atoms with van der Waals surface area (Å²) in [6.45, 7) is 12.7. The van der Waals surface area contributed by atoms with Crippen LogP contribution in [0.4, 0.5) is 0 Å². The van der Waals surface area contributed by atoms with E-state index in [0.29, 0.717) is 0 Å². The smallest absolute Gasteiger partial charge is 0.0137 e. The number of rotatable bonds is 9. The van der Waals surface area contributed by atoms with Gasteiger partial charge in [0.2, 0.25) is 0 Å². The van der Waals surface area contributed by atoms with Gasteiger partial charge in [-0.15, -0.1) is 0 Å². The fraction of sp³-hybridized carbons (Fsp3) is 0.800. The van der Waals surface area contributed by atoms with Crippen molar-refractivity contribution in [2.24, 2.45) is 11.8 Å². The summed E-state index contributed by atoms with van der Waals surface area (Å²) in [6, 6.07) is 0. The van der Waals surface area contributed by atoms with Crippen molar-refractivity contribution in [2.45, 2.75) is 79.1 Å². The quantitative estimate of drug-likeness (QED) is 0.404. The molecule has 0 aromatic carbocycles. The van der Waals surface area contributed by atoms with E-state index in [4.69, 9.17) is 0 Å². The molecule has 0 spiro atoms. The van der Waals surface area contributed by atoms with Crippen LogP contribution in [0.1, 0.15) is 79.1 Å². The third-order valence-electron chi connectivity index (χ3n) is 3.95. The molecule has 0 nitrogen and oxygen atoms in total. The molecule has 1 heteroatoms. The molecule has 1 saturated carbocycles. The molecule has 0 amide bonds. The van der Waals surface area contributed by atoms with Crippen molar-refractivity contribution in [1.82, 2.24) is 0 Å². The van der Waals surface area contributed by atoms with Crippen molar-refractivity contribution in [3.05, 3.63) is 24.3 Å². The first-order valence-electron chi connectivity index (χ1n) is 8.98. The van der Waals surface area contributed by atoms with E-state index in [9.17, 15) is 0 Å². The second kappa shape index (κ2) is 14.8. The molecule has 124 valence electrons. The van der Waals surface area contributed by atoms with Gasteiger partial charge >= 0.3 is 0 Å². The van der Waals surface area contributed by atoms with Crippen LogP contribution in [-0.4, -0.2) is 11.5 Å². The highest BCUT2D eigenvalue weighted by molar-refractivity contribution is 7.99. The maximum Gasteiger partial charge on any atom is 0.0137 e. The second-order valence-electron chi connectivity index (χ2n) is 6.55. The van der Waals surface area contributed by atoms with Crippen LogP contribution in [0.5, 0.6) is 0 Å². The van der Waals surface area contributed by atoms with Gasteiger partial charge in [-0.1, -0.05) is 77.2 Å². The molecule has 1 rings (SSSR count). The van der Waals surface area contributed by atoms with E-state index in [2.05, 4.69) is 46.4 Å². The summed E-state index contributed by atoms with van der Waals surface area (Å²) in [7, 11) is 0. The fourth-order valence-electron chi connectivity index (χ4n) is 2.60. The Kier molecular flexibility index (Phi) is 14.6. The third kappa shape index (κ3) is 14.5. The summed E-state index contributed by atoms with van der Waals surface area (Å²) >= 11 is 1.92. The molecule has 1 aliphatic carbocycles. The van der Waals surface area contributed by atoms with Gasteiger partial charge in [-0.2, -0.15) is 11.8 Å². The van der Waals surface area contributed by atoms with Gasteiger partial charge in [-0.05, 0) is 43.8 Å². The van der Waals surface area contributed by atoms with E-state index in [1.165, 1.54) is 62.7 Å². The van der Waals surface area contributed by atoms with E-state index in [0.717, 1.165) is 17.6 Å². The third-order valence-corrected chi connectivity index (χ3v) is 5.05. The van der Waals surface area contributed by atoms with Crippen molar-refractivity contribution in [2.75, 3.05) is 11.5 Å². The van der Waals surface area contributed by atoms with E-state index in [1.54, 1.807) is 0 Å². The van der Waals surface area contributed by atoms with Crippen LogP contribution < -0.4 is 0 Å². The highest BCUT2D eigenvalue weighted by Crippen LogP contribution is 2.26. The van der Waals surface area contributed by atoms with Crippen LogP contribution >= 0.6 is 11.8 Å². The van der Waals surface area contributed by atoms with E-state index < -0.39 is 0 Å². The van der Waals surface area contributed by atoms with Crippen molar-refractivity contribution in [3.8, 4) is 0 Å². The lowest BCUT2D eigenvalue weighted by Crippen LogP contribution is -1.93. The molecule has 1 atom stereocenters. The molecule has 1 fully saturated rings. The molecule has 0 saturated heterocycles. The standard InChI is InChI=1S/C14H26.C6H12S/c1-3-4-8-13(2)9-7-12-14-10-5-6-11-14;1-4-7-5-6(2)3/h7,12-14H,3-6,8-11H2,1-2H3;2,4-5H2,1,3H3/b12-7+;. The SMILES string of the molecule is C=C(C)CSCC.CCCCC(C)C/C=C/C1CCCC1. The predicted molar refractivity (Wildman–Crippen MR) is 102 cm³/mol. The highest BCUT2D eigenvalue weighted by atomic mass is 32.2. The minimum Gasteiger partial charge on any atom is -0.158 e. The molecule has 1 aliphatic rings. The predicted octanol–water partition coefficient (Wildman–Crippen LogP) is 7.26. The Morgan fingerprint density at radius 2 is 1.95 bits per heavy atom. The van der Waals surface area contributed by atoms with E-state index in [1.807, 2.05) is 11.8 Å². The summed E-state index contributed by atoms with van der Waals surface area (Å²) < 4.78 is 0. The fourth-order valence-corrected chi connectivity index (χ4v) is 3.15. The number of hydrogen-bond donors (Lipinski definition) is 0. The first kappa shape index (κ1) is 20.8. The molecule has 0 aromatic rings. The maximum absolute atomic E-state index is 3.77.